The Morgan fingerprint density at radius 2 is 2.21 bits per heavy atom. The van der Waals surface area contributed by atoms with E-state index in [9.17, 15) is 18.3 Å². The number of fused-ring (bicyclic) bond motifs is 1. The molecule has 102 valence electrons. The van der Waals surface area contributed by atoms with Crippen molar-refractivity contribution in [3.63, 3.8) is 0 Å². The van der Waals surface area contributed by atoms with Gasteiger partial charge in [-0.1, -0.05) is 6.08 Å². The third-order valence-corrected chi connectivity index (χ3v) is 2.80. The van der Waals surface area contributed by atoms with Gasteiger partial charge in [0, 0.05) is 11.8 Å². The number of nitrogens with zero attached hydrogens (tertiary/aromatic N) is 2. The third kappa shape index (κ3) is 2.66. The number of amides is 1. The van der Waals surface area contributed by atoms with Crippen molar-refractivity contribution in [1.82, 2.24) is 4.98 Å². The topological polar surface area (TPSA) is 123 Å². The molecule has 0 bridgehead atoms. The molecule has 0 saturated heterocycles. The van der Waals surface area contributed by atoms with Crippen LogP contribution < -0.4 is 10.6 Å². The second-order valence-corrected chi connectivity index (χ2v) is 5.44. The van der Waals surface area contributed by atoms with Gasteiger partial charge < -0.3 is 15.0 Å². The van der Waals surface area contributed by atoms with Crippen LogP contribution in [-0.2, 0) is 14.3 Å². The zero-order chi connectivity index (χ0) is 14.2. The normalized spacial score (nSPS) is 18.0. The lowest BCUT2D eigenvalue weighted by Gasteiger charge is -2.30. The first kappa shape index (κ1) is 13.3. The quantitative estimate of drug-likeness (QED) is 0.696. The van der Waals surface area contributed by atoms with E-state index in [0.29, 0.717) is 5.56 Å². The van der Waals surface area contributed by atoms with Crippen molar-refractivity contribution in [3.8, 4) is 5.75 Å². The van der Waals surface area contributed by atoms with Gasteiger partial charge in [-0.05, 0) is 6.08 Å². The SMILES string of the molecule is CS(=O)(=O)OC(=O)N1c2c(O)cncc2C=CC1N. The highest BCUT2D eigenvalue weighted by molar-refractivity contribution is 7.86. The van der Waals surface area contributed by atoms with Gasteiger partial charge in [0.2, 0.25) is 0 Å². The van der Waals surface area contributed by atoms with Crippen LogP contribution in [0.4, 0.5) is 10.5 Å². The Kier molecular flexibility index (Phi) is 3.16. The van der Waals surface area contributed by atoms with Crippen LogP contribution in [0.3, 0.4) is 0 Å². The zero-order valence-corrected chi connectivity index (χ0v) is 10.7. The molecule has 0 aromatic carbocycles. The maximum absolute atomic E-state index is 11.8. The lowest BCUT2D eigenvalue weighted by atomic mass is 10.1. The maximum atomic E-state index is 11.8. The van der Waals surface area contributed by atoms with Gasteiger partial charge in [-0.3, -0.25) is 9.88 Å². The Hall–Kier alpha value is -2.13. The van der Waals surface area contributed by atoms with Gasteiger partial charge in [0.1, 0.15) is 11.9 Å². The highest BCUT2D eigenvalue weighted by Gasteiger charge is 2.31. The van der Waals surface area contributed by atoms with E-state index in [1.807, 2.05) is 0 Å². The molecule has 1 unspecified atom stereocenters. The second-order valence-electron chi connectivity index (χ2n) is 3.87. The highest BCUT2D eigenvalue weighted by atomic mass is 32.2. The molecule has 0 fully saturated rings. The number of carbonyl (C=O) groups excluding carboxylic acids is 1. The van der Waals surface area contributed by atoms with E-state index in [2.05, 4.69) is 9.17 Å². The number of hydrogen-bond acceptors (Lipinski definition) is 7. The molecule has 8 nitrogen and oxygen atoms in total. The average Bonchev–Trinajstić information content (AvgIpc) is 2.27. The van der Waals surface area contributed by atoms with Crippen LogP contribution in [0.25, 0.3) is 6.08 Å². The van der Waals surface area contributed by atoms with E-state index in [-0.39, 0.29) is 11.4 Å². The summed E-state index contributed by atoms with van der Waals surface area (Å²) in [5.41, 5.74) is 6.17. The Morgan fingerprint density at radius 3 is 2.84 bits per heavy atom. The first-order valence-corrected chi connectivity index (χ1v) is 6.94. The minimum Gasteiger partial charge on any atom is -0.504 e. The fraction of sp³-hybridized carbons (Fsp3) is 0.200. The lowest BCUT2D eigenvalue weighted by molar-refractivity contribution is 0.208. The van der Waals surface area contributed by atoms with E-state index in [4.69, 9.17) is 5.73 Å². The maximum Gasteiger partial charge on any atom is 0.431 e. The molecule has 1 aromatic heterocycles. The molecule has 1 atom stereocenters. The monoisotopic (exact) mass is 285 g/mol. The Morgan fingerprint density at radius 1 is 1.53 bits per heavy atom. The van der Waals surface area contributed by atoms with Crippen LogP contribution in [-0.4, -0.2) is 37.0 Å². The summed E-state index contributed by atoms with van der Waals surface area (Å²) in [5, 5.41) is 9.74. The average molecular weight is 285 g/mol. The second kappa shape index (κ2) is 4.52. The predicted molar refractivity (Wildman–Crippen MR) is 66.7 cm³/mol. The molecular formula is C10H11N3O5S. The summed E-state index contributed by atoms with van der Waals surface area (Å²) in [5.74, 6) is -0.303. The van der Waals surface area contributed by atoms with E-state index in [1.165, 1.54) is 12.3 Å². The Bertz CT molecular complexity index is 655. The number of hydrogen-bond donors (Lipinski definition) is 2. The molecule has 2 heterocycles. The van der Waals surface area contributed by atoms with Gasteiger partial charge >= 0.3 is 16.2 Å². The van der Waals surface area contributed by atoms with Crippen molar-refractivity contribution < 1.29 is 22.5 Å². The fourth-order valence-corrected chi connectivity index (χ4v) is 2.00. The van der Waals surface area contributed by atoms with Crippen molar-refractivity contribution in [2.24, 2.45) is 5.73 Å². The number of carbonyl (C=O) groups is 1. The van der Waals surface area contributed by atoms with Crippen LogP contribution in [0.5, 0.6) is 5.75 Å². The largest absolute Gasteiger partial charge is 0.504 e. The molecular weight excluding hydrogens is 274 g/mol. The standard InChI is InChI=1S/C10H11N3O5S/c1-19(16,17)18-10(15)13-8(11)3-2-6-4-12-5-7(14)9(6)13/h2-5,8,14H,11H2,1H3. The van der Waals surface area contributed by atoms with Crippen molar-refractivity contribution >= 4 is 28.0 Å². The smallest absolute Gasteiger partial charge is 0.431 e. The number of anilines is 1. The molecule has 0 saturated carbocycles. The number of aromatic nitrogens is 1. The van der Waals surface area contributed by atoms with Gasteiger partial charge in [0.25, 0.3) is 0 Å². The first-order valence-electron chi connectivity index (χ1n) is 5.13. The molecule has 0 radical (unpaired) electrons. The van der Waals surface area contributed by atoms with Crippen molar-refractivity contribution in [1.29, 1.82) is 0 Å². The molecule has 1 amide bonds. The van der Waals surface area contributed by atoms with Crippen LogP contribution in [0, 0.1) is 0 Å². The third-order valence-electron chi connectivity index (χ3n) is 2.36. The van der Waals surface area contributed by atoms with Gasteiger partial charge in [-0.25, -0.2) is 4.79 Å². The molecule has 3 N–H and O–H groups in total. The minimum atomic E-state index is -3.98. The van der Waals surface area contributed by atoms with Crippen LogP contribution in [0.15, 0.2) is 18.5 Å². The zero-order valence-electron chi connectivity index (χ0n) is 9.85. The Balaban J connectivity index is 2.47. The molecule has 1 aliphatic rings. The van der Waals surface area contributed by atoms with Crippen LogP contribution in [0.1, 0.15) is 5.56 Å². The molecule has 0 spiro atoms. The summed E-state index contributed by atoms with van der Waals surface area (Å²) in [6.07, 6.45) is 4.13. The molecule has 0 aliphatic carbocycles. The van der Waals surface area contributed by atoms with E-state index < -0.39 is 22.4 Å². The molecule has 2 rings (SSSR count). The number of pyridine rings is 1. The van der Waals surface area contributed by atoms with Gasteiger partial charge in [-0.2, -0.15) is 8.42 Å². The fourth-order valence-electron chi connectivity index (χ4n) is 1.66. The van der Waals surface area contributed by atoms with E-state index in [0.717, 1.165) is 17.4 Å². The van der Waals surface area contributed by atoms with E-state index in [1.54, 1.807) is 6.08 Å². The molecule has 1 aliphatic heterocycles. The number of rotatable bonds is 1. The van der Waals surface area contributed by atoms with E-state index >= 15 is 0 Å². The number of nitrogens with two attached hydrogens (primary N) is 1. The Labute approximate surface area is 109 Å². The summed E-state index contributed by atoms with van der Waals surface area (Å²) in [7, 11) is -3.98. The van der Waals surface area contributed by atoms with Crippen LogP contribution in [0.2, 0.25) is 0 Å². The van der Waals surface area contributed by atoms with Gasteiger partial charge in [-0.15, -0.1) is 0 Å². The van der Waals surface area contributed by atoms with Gasteiger partial charge in [0.15, 0.2) is 5.75 Å². The predicted octanol–water partition coefficient (Wildman–Crippen LogP) is 0.00140. The van der Waals surface area contributed by atoms with Gasteiger partial charge in [0.05, 0.1) is 12.5 Å². The first-order chi connectivity index (χ1) is 8.79. The molecule has 9 heteroatoms. The highest BCUT2D eigenvalue weighted by Crippen LogP contribution is 2.35. The summed E-state index contributed by atoms with van der Waals surface area (Å²) in [6, 6.07) is 0. The van der Waals surface area contributed by atoms with Crippen LogP contribution >= 0.6 is 0 Å². The molecule has 19 heavy (non-hydrogen) atoms. The summed E-state index contributed by atoms with van der Waals surface area (Å²) < 4.78 is 26.2. The van der Waals surface area contributed by atoms with Crippen molar-refractivity contribution in [3.05, 3.63) is 24.0 Å². The summed E-state index contributed by atoms with van der Waals surface area (Å²) >= 11 is 0. The minimum absolute atomic E-state index is 0.0543. The molecule has 1 aromatic rings. The lowest BCUT2D eigenvalue weighted by Crippen LogP contribution is -2.47. The summed E-state index contributed by atoms with van der Waals surface area (Å²) in [4.78, 5) is 16.4. The van der Waals surface area contributed by atoms with Crippen molar-refractivity contribution in [2.45, 2.75) is 6.17 Å². The van der Waals surface area contributed by atoms with Crippen molar-refractivity contribution in [2.75, 3.05) is 11.2 Å². The summed E-state index contributed by atoms with van der Waals surface area (Å²) in [6.45, 7) is 0. The number of aromatic hydroxyl groups is 1.